The van der Waals surface area contributed by atoms with Crippen LogP contribution in [0.5, 0.6) is 0 Å². The van der Waals surface area contributed by atoms with Crippen LogP contribution in [-0.2, 0) is 19.5 Å². The highest BCUT2D eigenvalue weighted by atomic mass is 32.1. The summed E-state index contributed by atoms with van der Waals surface area (Å²) in [5, 5.41) is 5.97. The van der Waals surface area contributed by atoms with Gasteiger partial charge in [-0.2, -0.15) is 0 Å². The normalized spacial score (nSPS) is 17.2. The Balaban J connectivity index is 1.68. The van der Waals surface area contributed by atoms with Gasteiger partial charge in [0.15, 0.2) is 0 Å². The van der Waals surface area contributed by atoms with E-state index in [9.17, 15) is 4.79 Å². The minimum absolute atomic E-state index is 0.00852. The first-order valence-corrected chi connectivity index (χ1v) is 8.57. The standard InChI is InChI=1S/C17H21N3OS/c1-3-15-8-13-6-4-5-7-14(13)10-20(15)17(21)18-9-16-19-12(2)11-22-16/h4-7,11,15H,3,8-10H2,1-2H3,(H,18,21). The predicted molar refractivity (Wildman–Crippen MR) is 88.9 cm³/mol. The quantitative estimate of drug-likeness (QED) is 0.942. The number of fused-ring (bicyclic) bond motifs is 1. The second kappa shape index (κ2) is 6.48. The maximum atomic E-state index is 12.5. The van der Waals surface area contributed by atoms with Crippen LogP contribution in [0.2, 0.25) is 0 Å². The number of rotatable bonds is 3. The van der Waals surface area contributed by atoms with Gasteiger partial charge in [0.1, 0.15) is 5.01 Å². The number of carbonyl (C=O) groups excluding carboxylic acids is 1. The van der Waals surface area contributed by atoms with Crippen molar-refractivity contribution in [1.29, 1.82) is 0 Å². The van der Waals surface area contributed by atoms with E-state index in [2.05, 4.69) is 35.4 Å². The number of hydrogen-bond acceptors (Lipinski definition) is 3. The van der Waals surface area contributed by atoms with Crippen LogP contribution in [0.3, 0.4) is 0 Å². The number of carbonyl (C=O) groups is 1. The molecule has 0 saturated heterocycles. The molecule has 3 rings (SSSR count). The highest BCUT2D eigenvalue weighted by Gasteiger charge is 2.28. The molecule has 2 heterocycles. The molecule has 1 N–H and O–H groups in total. The SMILES string of the molecule is CCC1Cc2ccccc2CN1C(=O)NCc1nc(C)cs1. The number of amides is 2. The zero-order chi connectivity index (χ0) is 15.5. The summed E-state index contributed by atoms with van der Waals surface area (Å²) < 4.78 is 0. The lowest BCUT2D eigenvalue weighted by Gasteiger charge is -2.36. The first-order valence-electron chi connectivity index (χ1n) is 7.69. The monoisotopic (exact) mass is 315 g/mol. The van der Waals surface area contributed by atoms with Crippen molar-refractivity contribution < 1.29 is 4.79 Å². The molecule has 0 radical (unpaired) electrons. The van der Waals surface area contributed by atoms with E-state index in [4.69, 9.17) is 0 Å². The van der Waals surface area contributed by atoms with Gasteiger partial charge in [-0.3, -0.25) is 0 Å². The summed E-state index contributed by atoms with van der Waals surface area (Å²) in [5.74, 6) is 0. The number of aryl methyl sites for hydroxylation is 1. The molecule has 2 aromatic rings. The van der Waals surface area contributed by atoms with Crippen LogP contribution < -0.4 is 5.32 Å². The van der Waals surface area contributed by atoms with Gasteiger partial charge < -0.3 is 10.2 Å². The summed E-state index contributed by atoms with van der Waals surface area (Å²) in [5.41, 5.74) is 3.63. The van der Waals surface area contributed by atoms with Gasteiger partial charge in [0, 0.05) is 23.7 Å². The van der Waals surface area contributed by atoms with Crippen LogP contribution in [0.15, 0.2) is 29.6 Å². The van der Waals surface area contributed by atoms with Crippen molar-refractivity contribution in [3.63, 3.8) is 0 Å². The summed E-state index contributed by atoms with van der Waals surface area (Å²) in [6, 6.07) is 8.69. The van der Waals surface area contributed by atoms with E-state index in [1.807, 2.05) is 23.3 Å². The molecule has 0 spiro atoms. The van der Waals surface area contributed by atoms with Crippen molar-refractivity contribution in [2.75, 3.05) is 0 Å². The van der Waals surface area contributed by atoms with Gasteiger partial charge >= 0.3 is 6.03 Å². The lowest BCUT2D eigenvalue weighted by Crippen LogP contribution is -2.48. The zero-order valence-electron chi connectivity index (χ0n) is 13.0. The second-order valence-electron chi connectivity index (χ2n) is 5.70. The number of aromatic nitrogens is 1. The minimum Gasteiger partial charge on any atom is -0.331 e. The van der Waals surface area contributed by atoms with Gasteiger partial charge in [-0.15, -0.1) is 11.3 Å². The number of nitrogens with one attached hydrogen (secondary N) is 1. The average molecular weight is 315 g/mol. The summed E-state index contributed by atoms with van der Waals surface area (Å²) in [6.45, 7) is 5.31. The van der Waals surface area contributed by atoms with E-state index in [1.165, 1.54) is 11.1 Å². The van der Waals surface area contributed by atoms with Crippen LogP contribution in [0.25, 0.3) is 0 Å². The first-order chi connectivity index (χ1) is 10.7. The number of thiazole rings is 1. The molecule has 1 unspecified atom stereocenters. The van der Waals surface area contributed by atoms with Gasteiger partial charge in [0.25, 0.3) is 0 Å². The summed E-state index contributed by atoms with van der Waals surface area (Å²) in [6.07, 6.45) is 1.91. The molecule has 22 heavy (non-hydrogen) atoms. The lowest BCUT2D eigenvalue weighted by atomic mass is 9.93. The maximum absolute atomic E-state index is 12.5. The van der Waals surface area contributed by atoms with Crippen LogP contribution >= 0.6 is 11.3 Å². The number of benzene rings is 1. The Morgan fingerprint density at radius 3 is 2.86 bits per heavy atom. The second-order valence-corrected chi connectivity index (χ2v) is 6.65. The zero-order valence-corrected chi connectivity index (χ0v) is 13.8. The van der Waals surface area contributed by atoms with Gasteiger partial charge in [0.2, 0.25) is 0 Å². The Labute approximate surface area is 135 Å². The molecule has 4 nitrogen and oxygen atoms in total. The van der Waals surface area contributed by atoms with Gasteiger partial charge in [-0.25, -0.2) is 9.78 Å². The van der Waals surface area contributed by atoms with Crippen molar-refractivity contribution in [2.24, 2.45) is 0 Å². The fourth-order valence-corrected chi connectivity index (χ4v) is 3.64. The fourth-order valence-electron chi connectivity index (χ4n) is 2.93. The molecular formula is C17H21N3OS. The fraction of sp³-hybridized carbons (Fsp3) is 0.412. The summed E-state index contributed by atoms with van der Waals surface area (Å²) >= 11 is 1.59. The lowest BCUT2D eigenvalue weighted by molar-refractivity contribution is 0.160. The van der Waals surface area contributed by atoms with Crippen LogP contribution in [-0.4, -0.2) is 22.0 Å². The Kier molecular flexibility index (Phi) is 4.43. The third-order valence-electron chi connectivity index (χ3n) is 4.14. The van der Waals surface area contributed by atoms with E-state index in [1.54, 1.807) is 11.3 Å². The highest BCUT2D eigenvalue weighted by molar-refractivity contribution is 7.09. The highest BCUT2D eigenvalue weighted by Crippen LogP contribution is 2.25. The molecule has 1 aliphatic heterocycles. The van der Waals surface area contributed by atoms with E-state index >= 15 is 0 Å². The molecule has 0 aliphatic carbocycles. The van der Waals surface area contributed by atoms with E-state index in [-0.39, 0.29) is 12.1 Å². The van der Waals surface area contributed by atoms with Crippen molar-refractivity contribution in [3.8, 4) is 0 Å². The van der Waals surface area contributed by atoms with E-state index in [0.29, 0.717) is 13.1 Å². The van der Waals surface area contributed by atoms with Crippen LogP contribution in [0.4, 0.5) is 4.79 Å². The van der Waals surface area contributed by atoms with Crippen molar-refractivity contribution in [2.45, 2.75) is 45.8 Å². The number of hydrogen-bond donors (Lipinski definition) is 1. The third-order valence-corrected chi connectivity index (χ3v) is 5.11. The molecule has 0 bridgehead atoms. The third kappa shape index (κ3) is 3.14. The Bertz CT molecular complexity index is 667. The Morgan fingerprint density at radius 1 is 1.41 bits per heavy atom. The predicted octanol–water partition coefficient (Wildman–Crippen LogP) is 3.50. The molecular weight excluding hydrogens is 294 g/mol. The van der Waals surface area contributed by atoms with E-state index < -0.39 is 0 Å². The molecule has 0 saturated carbocycles. The number of nitrogens with zero attached hydrogens (tertiary/aromatic N) is 2. The molecule has 1 atom stereocenters. The minimum atomic E-state index is 0.00852. The molecule has 116 valence electrons. The van der Waals surface area contributed by atoms with Gasteiger partial charge in [-0.05, 0) is 30.9 Å². The van der Waals surface area contributed by atoms with Crippen LogP contribution in [0.1, 0.15) is 35.2 Å². The number of urea groups is 1. The first kappa shape index (κ1) is 15.0. The van der Waals surface area contributed by atoms with E-state index in [0.717, 1.165) is 23.5 Å². The van der Waals surface area contributed by atoms with Gasteiger partial charge in [-0.1, -0.05) is 31.2 Å². The molecule has 5 heteroatoms. The smallest absolute Gasteiger partial charge is 0.318 e. The Morgan fingerprint density at radius 2 is 2.18 bits per heavy atom. The summed E-state index contributed by atoms with van der Waals surface area (Å²) in [4.78, 5) is 18.9. The van der Waals surface area contributed by atoms with Crippen LogP contribution in [0, 0.1) is 6.92 Å². The molecule has 1 aromatic carbocycles. The van der Waals surface area contributed by atoms with Crippen molar-refractivity contribution >= 4 is 17.4 Å². The Hall–Kier alpha value is -1.88. The summed E-state index contributed by atoms with van der Waals surface area (Å²) in [7, 11) is 0. The molecule has 0 fully saturated rings. The molecule has 1 aromatic heterocycles. The van der Waals surface area contributed by atoms with Gasteiger partial charge in [0.05, 0.1) is 6.54 Å². The average Bonchev–Trinajstić information content (AvgIpc) is 2.96. The molecule has 2 amide bonds. The largest absolute Gasteiger partial charge is 0.331 e. The topological polar surface area (TPSA) is 45.2 Å². The maximum Gasteiger partial charge on any atom is 0.318 e. The molecule has 1 aliphatic rings. The van der Waals surface area contributed by atoms with Crippen molar-refractivity contribution in [3.05, 3.63) is 51.5 Å². The van der Waals surface area contributed by atoms with Crippen molar-refractivity contribution in [1.82, 2.24) is 15.2 Å².